The van der Waals surface area contributed by atoms with E-state index >= 15 is 0 Å². The van der Waals surface area contributed by atoms with E-state index in [4.69, 9.17) is 16.2 Å². The maximum Gasteiger partial charge on any atom is 0.240 e. The maximum atomic E-state index is 13.2. The molecule has 0 bridgehead atoms. The number of aryl methyl sites for hydroxylation is 1. The van der Waals surface area contributed by atoms with Crippen molar-refractivity contribution in [1.29, 1.82) is 0 Å². The number of hydrogen-bond donors (Lipinski definition) is 2. The molecule has 1 atom stereocenters. The molecule has 0 saturated heterocycles. The van der Waals surface area contributed by atoms with Gasteiger partial charge in [0.2, 0.25) is 5.91 Å². The van der Waals surface area contributed by atoms with E-state index in [0.29, 0.717) is 11.3 Å². The number of primary amides is 1. The van der Waals surface area contributed by atoms with E-state index in [1.165, 1.54) is 13.0 Å². The lowest BCUT2D eigenvalue weighted by molar-refractivity contribution is -0.123. The maximum absolute atomic E-state index is 13.2. The summed E-state index contributed by atoms with van der Waals surface area (Å²) in [7, 11) is 0. The minimum absolute atomic E-state index is 0.0924. The van der Waals surface area contributed by atoms with Gasteiger partial charge in [-0.1, -0.05) is 6.07 Å². The van der Waals surface area contributed by atoms with Crippen molar-refractivity contribution >= 4 is 5.91 Å². The van der Waals surface area contributed by atoms with Gasteiger partial charge in [-0.05, 0) is 25.5 Å². The van der Waals surface area contributed by atoms with Crippen LogP contribution in [0, 0.1) is 12.7 Å². The van der Waals surface area contributed by atoms with E-state index < -0.39 is 11.4 Å². The molecule has 1 aromatic rings. The van der Waals surface area contributed by atoms with Gasteiger partial charge in [-0.15, -0.1) is 0 Å². The fraction of sp³-hybridized carbons (Fsp3) is 0.364. The van der Waals surface area contributed by atoms with Crippen LogP contribution >= 0.6 is 0 Å². The Morgan fingerprint density at radius 1 is 1.56 bits per heavy atom. The first-order valence-corrected chi connectivity index (χ1v) is 4.80. The van der Waals surface area contributed by atoms with E-state index in [2.05, 4.69) is 0 Å². The molecule has 0 aliphatic carbocycles. The first-order chi connectivity index (χ1) is 7.33. The summed E-state index contributed by atoms with van der Waals surface area (Å²) in [5, 5.41) is 0. The Labute approximate surface area is 93.4 Å². The van der Waals surface area contributed by atoms with E-state index in [1.807, 2.05) is 0 Å². The largest absolute Gasteiger partial charge is 0.491 e. The highest BCUT2D eigenvalue weighted by Gasteiger charge is 2.26. The predicted octanol–water partition coefficient (Wildman–Crippen LogP) is 0.716. The van der Waals surface area contributed by atoms with Crippen molar-refractivity contribution in [2.24, 2.45) is 11.5 Å². The summed E-state index contributed by atoms with van der Waals surface area (Å²) in [5.74, 6) is -0.712. The second-order valence-corrected chi connectivity index (χ2v) is 3.98. The summed E-state index contributed by atoms with van der Waals surface area (Å²) < 4.78 is 18.4. The van der Waals surface area contributed by atoms with E-state index in [0.717, 1.165) is 0 Å². The molecule has 88 valence electrons. The number of carbonyl (C=O) groups is 1. The smallest absolute Gasteiger partial charge is 0.240 e. The Balaban J connectivity index is 2.68. The Bertz CT molecular complexity index is 405. The quantitative estimate of drug-likeness (QED) is 0.793. The Morgan fingerprint density at radius 3 is 2.69 bits per heavy atom. The number of rotatable bonds is 4. The van der Waals surface area contributed by atoms with Crippen molar-refractivity contribution in [1.82, 2.24) is 0 Å². The molecule has 0 fully saturated rings. The molecule has 0 heterocycles. The first kappa shape index (κ1) is 12.4. The lowest BCUT2D eigenvalue weighted by Gasteiger charge is -2.20. The van der Waals surface area contributed by atoms with Crippen molar-refractivity contribution in [3.05, 3.63) is 29.6 Å². The van der Waals surface area contributed by atoms with Crippen molar-refractivity contribution in [3.63, 3.8) is 0 Å². The second-order valence-electron chi connectivity index (χ2n) is 3.98. The number of hydrogen-bond acceptors (Lipinski definition) is 3. The van der Waals surface area contributed by atoms with Gasteiger partial charge in [0, 0.05) is 6.07 Å². The van der Waals surface area contributed by atoms with Crippen molar-refractivity contribution < 1.29 is 13.9 Å². The molecule has 1 unspecified atom stereocenters. The van der Waals surface area contributed by atoms with Gasteiger partial charge in [-0.3, -0.25) is 4.79 Å². The summed E-state index contributed by atoms with van der Waals surface area (Å²) in [4.78, 5) is 10.9. The third kappa shape index (κ3) is 2.93. The zero-order valence-electron chi connectivity index (χ0n) is 9.29. The Kier molecular flexibility index (Phi) is 3.49. The lowest BCUT2D eigenvalue weighted by atomic mass is 10.1. The molecule has 0 aliphatic heterocycles. The van der Waals surface area contributed by atoms with Gasteiger partial charge < -0.3 is 16.2 Å². The monoisotopic (exact) mass is 226 g/mol. The van der Waals surface area contributed by atoms with Crippen LogP contribution in [0.2, 0.25) is 0 Å². The number of benzene rings is 1. The average molecular weight is 226 g/mol. The van der Waals surface area contributed by atoms with Gasteiger partial charge in [0.1, 0.15) is 23.7 Å². The zero-order valence-corrected chi connectivity index (χ0v) is 9.29. The van der Waals surface area contributed by atoms with Gasteiger partial charge in [0.25, 0.3) is 0 Å². The van der Waals surface area contributed by atoms with Gasteiger partial charge in [-0.2, -0.15) is 0 Å². The zero-order chi connectivity index (χ0) is 12.3. The molecule has 0 aliphatic rings. The van der Waals surface area contributed by atoms with Gasteiger partial charge in [0.15, 0.2) is 0 Å². The van der Waals surface area contributed by atoms with Crippen LogP contribution < -0.4 is 16.2 Å². The minimum atomic E-state index is -1.26. The molecule has 0 saturated carbocycles. The molecule has 1 amide bonds. The molecular weight excluding hydrogens is 211 g/mol. The number of halogens is 1. The van der Waals surface area contributed by atoms with Crippen LogP contribution in [0.1, 0.15) is 12.5 Å². The molecule has 0 aromatic heterocycles. The fourth-order valence-corrected chi connectivity index (χ4v) is 0.968. The Hall–Kier alpha value is -1.62. The predicted molar refractivity (Wildman–Crippen MR) is 58.4 cm³/mol. The van der Waals surface area contributed by atoms with E-state index in [9.17, 15) is 9.18 Å². The minimum Gasteiger partial charge on any atom is -0.491 e. The fourth-order valence-electron chi connectivity index (χ4n) is 0.968. The molecule has 4 nitrogen and oxygen atoms in total. The van der Waals surface area contributed by atoms with Crippen LogP contribution in [0.25, 0.3) is 0 Å². The molecule has 4 N–H and O–H groups in total. The van der Waals surface area contributed by atoms with Crippen LogP contribution in [0.5, 0.6) is 5.75 Å². The summed E-state index contributed by atoms with van der Waals surface area (Å²) in [6, 6.07) is 4.44. The number of ether oxygens (including phenoxy) is 1. The van der Waals surface area contributed by atoms with Crippen LogP contribution in [0.15, 0.2) is 18.2 Å². The van der Waals surface area contributed by atoms with E-state index in [1.54, 1.807) is 19.1 Å². The summed E-state index contributed by atoms with van der Waals surface area (Å²) in [5.41, 5.74) is 9.92. The number of amides is 1. The normalized spacial score (nSPS) is 14.2. The van der Waals surface area contributed by atoms with E-state index in [-0.39, 0.29) is 12.4 Å². The highest BCUT2D eigenvalue weighted by atomic mass is 19.1. The van der Waals surface area contributed by atoms with Crippen LogP contribution in [-0.4, -0.2) is 18.1 Å². The van der Waals surface area contributed by atoms with Crippen molar-refractivity contribution in [2.75, 3.05) is 6.61 Å². The molecule has 5 heteroatoms. The van der Waals surface area contributed by atoms with Crippen molar-refractivity contribution in [2.45, 2.75) is 19.4 Å². The first-order valence-electron chi connectivity index (χ1n) is 4.80. The van der Waals surface area contributed by atoms with Gasteiger partial charge in [0.05, 0.1) is 0 Å². The van der Waals surface area contributed by atoms with Crippen molar-refractivity contribution in [3.8, 4) is 5.75 Å². The van der Waals surface area contributed by atoms with Crippen LogP contribution in [-0.2, 0) is 4.79 Å². The molecule has 1 rings (SSSR count). The Morgan fingerprint density at radius 2 is 2.19 bits per heavy atom. The van der Waals surface area contributed by atoms with Gasteiger partial charge in [-0.25, -0.2) is 4.39 Å². The number of carbonyl (C=O) groups excluding carboxylic acids is 1. The molecule has 0 radical (unpaired) electrons. The number of nitrogens with two attached hydrogens (primary N) is 2. The second kappa shape index (κ2) is 4.49. The SMILES string of the molecule is Cc1ccc(OCC(C)(N)C(N)=O)cc1F. The molecule has 16 heavy (non-hydrogen) atoms. The highest BCUT2D eigenvalue weighted by Crippen LogP contribution is 2.16. The highest BCUT2D eigenvalue weighted by molar-refractivity contribution is 5.84. The van der Waals surface area contributed by atoms with Gasteiger partial charge >= 0.3 is 0 Å². The third-order valence-corrected chi connectivity index (χ3v) is 2.24. The third-order valence-electron chi connectivity index (χ3n) is 2.24. The molecule has 1 aromatic carbocycles. The molecule has 0 spiro atoms. The summed E-state index contributed by atoms with van der Waals surface area (Å²) in [6.07, 6.45) is 0. The van der Waals surface area contributed by atoms with Crippen LogP contribution in [0.4, 0.5) is 4.39 Å². The summed E-state index contributed by atoms with van der Waals surface area (Å²) >= 11 is 0. The standard InChI is InChI=1S/C11H15FN2O2/c1-7-3-4-8(5-9(7)12)16-6-11(2,14)10(13)15/h3-5H,6,14H2,1-2H3,(H2,13,15). The average Bonchev–Trinajstić information content (AvgIpc) is 2.20. The van der Waals surface area contributed by atoms with Crippen LogP contribution in [0.3, 0.4) is 0 Å². The summed E-state index contributed by atoms with van der Waals surface area (Å²) in [6.45, 7) is 3.01. The lowest BCUT2D eigenvalue weighted by Crippen LogP contribution is -2.53. The molecular formula is C11H15FN2O2. The topological polar surface area (TPSA) is 78.3 Å².